The van der Waals surface area contributed by atoms with Crippen LogP contribution in [0.2, 0.25) is 0 Å². The lowest BCUT2D eigenvalue weighted by atomic mass is 10.2. The molecule has 2 heterocycles. The van der Waals surface area contributed by atoms with E-state index in [1.165, 1.54) is 11.0 Å². The molecule has 7 heteroatoms. The van der Waals surface area contributed by atoms with Gasteiger partial charge in [-0.3, -0.25) is 9.78 Å². The van der Waals surface area contributed by atoms with E-state index in [4.69, 9.17) is 0 Å². The minimum atomic E-state index is -3.01. The fourth-order valence-corrected chi connectivity index (χ4v) is 4.36. The van der Waals surface area contributed by atoms with Crippen LogP contribution in [0.1, 0.15) is 12.1 Å². The lowest BCUT2D eigenvalue weighted by Crippen LogP contribution is -2.36. The molecule has 1 saturated heterocycles. The quantitative estimate of drug-likeness (QED) is 0.792. The number of aromatic nitrogens is 2. The Morgan fingerprint density at radius 2 is 2.04 bits per heavy atom. The first-order valence-corrected chi connectivity index (χ1v) is 9.14. The molecular weight excluding hydrogens is 314 g/mol. The van der Waals surface area contributed by atoms with Crippen LogP contribution in [0.3, 0.4) is 0 Å². The number of nitrogens with zero attached hydrogens (tertiary/aromatic N) is 3. The van der Waals surface area contributed by atoms with Gasteiger partial charge in [0.1, 0.15) is 0 Å². The fourth-order valence-electron chi connectivity index (χ4n) is 2.59. The third-order valence-electron chi connectivity index (χ3n) is 3.97. The molecule has 0 unspecified atom stereocenters. The Hall–Kier alpha value is -2.28. The van der Waals surface area contributed by atoms with Gasteiger partial charge in [0.25, 0.3) is 0 Å². The lowest BCUT2D eigenvalue weighted by Gasteiger charge is -2.21. The van der Waals surface area contributed by atoms with E-state index in [9.17, 15) is 13.2 Å². The molecular formula is C16H17N3O3S. The molecule has 1 aromatic heterocycles. The van der Waals surface area contributed by atoms with Crippen molar-refractivity contribution in [3.63, 3.8) is 0 Å². The number of hydrogen-bond donors (Lipinski definition) is 0. The van der Waals surface area contributed by atoms with Gasteiger partial charge in [-0.05, 0) is 24.6 Å². The molecule has 120 valence electrons. The molecule has 0 bridgehead atoms. The summed E-state index contributed by atoms with van der Waals surface area (Å²) in [5.74, 6) is -0.0457. The maximum atomic E-state index is 12.2. The second-order valence-corrected chi connectivity index (χ2v) is 7.85. The van der Waals surface area contributed by atoms with Gasteiger partial charge in [0, 0.05) is 19.2 Å². The van der Waals surface area contributed by atoms with Gasteiger partial charge in [0.15, 0.2) is 9.84 Å². The SMILES string of the molecule is CN(C(=O)/C=C/c1cnc2ccccc2n1)[C@H]1CCS(=O)(=O)C1. The molecule has 0 saturated carbocycles. The summed E-state index contributed by atoms with van der Waals surface area (Å²) in [5, 5.41) is 0. The molecule has 1 atom stereocenters. The van der Waals surface area contributed by atoms with Crippen LogP contribution in [0, 0.1) is 0 Å². The first-order valence-electron chi connectivity index (χ1n) is 7.32. The number of likely N-dealkylation sites (N-methyl/N-ethyl adjacent to an activating group) is 1. The molecule has 1 fully saturated rings. The first kappa shape index (κ1) is 15.6. The monoisotopic (exact) mass is 331 g/mol. The van der Waals surface area contributed by atoms with E-state index >= 15 is 0 Å². The molecule has 3 rings (SSSR count). The molecule has 1 aromatic carbocycles. The minimum absolute atomic E-state index is 0.0405. The van der Waals surface area contributed by atoms with Crippen molar-refractivity contribution in [1.29, 1.82) is 0 Å². The molecule has 23 heavy (non-hydrogen) atoms. The van der Waals surface area contributed by atoms with Crippen LogP contribution in [0.5, 0.6) is 0 Å². The number of rotatable bonds is 3. The summed E-state index contributed by atoms with van der Waals surface area (Å²) < 4.78 is 23.0. The number of sulfone groups is 1. The van der Waals surface area contributed by atoms with Crippen molar-refractivity contribution in [2.45, 2.75) is 12.5 Å². The second-order valence-electron chi connectivity index (χ2n) is 5.62. The van der Waals surface area contributed by atoms with Gasteiger partial charge >= 0.3 is 0 Å². The maximum absolute atomic E-state index is 12.2. The van der Waals surface area contributed by atoms with E-state index < -0.39 is 9.84 Å². The summed E-state index contributed by atoms with van der Waals surface area (Å²) in [6.07, 6.45) is 5.10. The number of amides is 1. The lowest BCUT2D eigenvalue weighted by molar-refractivity contribution is -0.126. The highest BCUT2D eigenvalue weighted by atomic mass is 32.2. The number of fused-ring (bicyclic) bond motifs is 1. The van der Waals surface area contributed by atoms with Crippen LogP contribution in [0.15, 0.2) is 36.5 Å². The molecule has 1 aliphatic rings. The molecule has 6 nitrogen and oxygen atoms in total. The molecule has 0 radical (unpaired) electrons. The number of carbonyl (C=O) groups excluding carboxylic acids is 1. The van der Waals surface area contributed by atoms with E-state index in [1.807, 2.05) is 24.3 Å². The highest BCUT2D eigenvalue weighted by Crippen LogP contribution is 2.17. The topological polar surface area (TPSA) is 80.2 Å². The second kappa shape index (κ2) is 6.08. The van der Waals surface area contributed by atoms with E-state index in [0.29, 0.717) is 12.1 Å². The van der Waals surface area contributed by atoms with Gasteiger partial charge in [-0.2, -0.15) is 0 Å². The van der Waals surface area contributed by atoms with Crippen LogP contribution < -0.4 is 0 Å². The highest BCUT2D eigenvalue weighted by molar-refractivity contribution is 7.91. The van der Waals surface area contributed by atoms with Crippen molar-refractivity contribution < 1.29 is 13.2 Å². The van der Waals surface area contributed by atoms with Gasteiger partial charge in [-0.25, -0.2) is 13.4 Å². The third kappa shape index (κ3) is 3.56. The first-order chi connectivity index (χ1) is 10.9. The van der Waals surface area contributed by atoms with E-state index in [1.54, 1.807) is 19.3 Å². The molecule has 0 spiro atoms. The van der Waals surface area contributed by atoms with Crippen molar-refractivity contribution in [2.75, 3.05) is 18.6 Å². The zero-order valence-corrected chi connectivity index (χ0v) is 13.5. The Bertz CT molecular complexity index is 877. The Balaban J connectivity index is 1.72. The van der Waals surface area contributed by atoms with Crippen LogP contribution in [-0.2, 0) is 14.6 Å². The van der Waals surface area contributed by atoms with Crippen molar-refractivity contribution in [3.8, 4) is 0 Å². The molecule has 1 aliphatic heterocycles. The van der Waals surface area contributed by atoms with Gasteiger partial charge < -0.3 is 4.90 Å². The van der Waals surface area contributed by atoms with E-state index in [-0.39, 0.29) is 23.5 Å². The summed E-state index contributed by atoms with van der Waals surface area (Å²) in [5.41, 5.74) is 2.14. The van der Waals surface area contributed by atoms with Gasteiger partial charge in [0.2, 0.25) is 5.91 Å². The fraction of sp³-hybridized carbons (Fsp3) is 0.312. The van der Waals surface area contributed by atoms with Gasteiger partial charge in [0.05, 0.1) is 34.4 Å². The van der Waals surface area contributed by atoms with Crippen molar-refractivity contribution >= 4 is 32.9 Å². The predicted octanol–water partition coefficient (Wildman–Crippen LogP) is 1.29. The summed E-state index contributed by atoms with van der Waals surface area (Å²) in [4.78, 5) is 22.3. The van der Waals surface area contributed by atoms with Crippen LogP contribution in [0.4, 0.5) is 0 Å². The van der Waals surface area contributed by atoms with Crippen molar-refractivity contribution in [3.05, 3.63) is 42.2 Å². The summed E-state index contributed by atoms with van der Waals surface area (Å²) >= 11 is 0. The average molecular weight is 331 g/mol. The van der Waals surface area contributed by atoms with Crippen molar-refractivity contribution in [1.82, 2.24) is 14.9 Å². The number of para-hydroxylation sites is 2. The normalized spacial score (nSPS) is 20.1. The molecule has 0 N–H and O–H groups in total. The summed E-state index contributed by atoms with van der Waals surface area (Å²) in [6.45, 7) is 0. The zero-order chi connectivity index (χ0) is 16.4. The van der Waals surface area contributed by atoms with E-state index in [0.717, 1.165) is 11.0 Å². The smallest absolute Gasteiger partial charge is 0.246 e. The van der Waals surface area contributed by atoms with Crippen molar-refractivity contribution in [2.24, 2.45) is 0 Å². The third-order valence-corrected chi connectivity index (χ3v) is 5.72. The Morgan fingerprint density at radius 1 is 1.30 bits per heavy atom. The number of carbonyl (C=O) groups is 1. The minimum Gasteiger partial charge on any atom is -0.338 e. The van der Waals surface area contributed by atoms with Crippen LogP contribution >= 0.6 is 0 Å². The maximum Gasteiger partial charge on any atom is 0.246 e. The Morgan fingerprint density at radius 3 is 2.74 bits per heavy atom. The number of hydrogen-bond acceptors (Lipinski definition) is 5. The Kier molecular flexibility index (Phi) is 4.12. The summed E-state index contributed by atoms with van der Waals surface area (Å²) in [6, 6.07) is 7.25. The van der Waals surface area contributed by atoms with E-state index in [2.05, 4.69) is 9.97 Å². The predicted molar refractivity (Wildman–Crippen MR) is 88.4 cm³/mol. The standard InChI is InChI=1S/C16H17N3O3S/c1-19(13-8-9-23(21,22)11-13)16(20)7-6-12-10-17-14-4-2-3-5-15(14)18-12/h2-7,10,13H,8-9,11H2,1H3/b7-6+/t13-/m0/s1. The molecule has 2 aromatic rings. The van der Waals surface area contributed by atoms with Gasteiger partial charge in [-0.1, -0.05) is 12.1 Å². The largest absolute Gasteiger partial charge is 0.338 e. The Labute approximate surface area is 134 Å². The van der Waals surface area contributed by atoms with Gasteiger partial charge in [-0.15, -0.1) is 0 Å². The zero-order valence-electron chi connectivity index (χ0n) is 12.7. The average Bonchev–Trinajstić information content (AvgIpc) is 2.91. The number of benzene rings is 1. The highest BCUT2D eigenvalue weighted by Gasteiger charge is 2.31. The van der Waals surface area contributed by atoms with Crippen LogP contribution in [0.25, 0.3) is 17.1 Å². The molecule has 1 amide bonds. The summed E-state index contributed by atoms with van der Waals surface area (Å²) in [7, 11) is -1.38. The molecule has 0 aliphatic carbocycles. The van der Waals surface area contributed by atoms with Crippen LogP contribution in [-0.4, -0.2) is 53.8 Å².